The summed E-state index contributed by atoms with van der Waals surface area (Å²) in [4.78, 5) is 23.2. The molecule has 2 aromatic rings. The maximum atomic E-state index is 11.9. The lowest BCUT2D eigenvalue weighted by molar-refractivity contribution is 0.0563. The summed E-state index contributed by atoms with van der Waals surface area (Å²) in [6.07, 6.45) is 2.14. The molecule has 0 unspecified atom stereocenters. The summed E-state index contributed by atoms with van der Waals surface area (Å²) >= 11 is 0. The van der Waals surface area contributed by atoms with Crippen molar-refractivity contribution in [2.24, 2.45) is 0 Å². The molecule has 6 nitrogen and oxygen atoms in total. The molecule has 1 aromatic carbocycles. The van der Waals surface area contributed by atoms with Crippen LogP contribution in [0.15, 0.2) is 40.8 Å². The fraction of sp³-hybridized carbons (Fsp3) is 0.294. The predicted molar refractivity (Wildman–Crippen MR) is 84.3 cm³/mol. The van der Waals surface area contributed by atoms with Gasteiger partial charge in [0.1, 0.15) is 5.76 Å². The molecular weight excluding hydrogens is 296 g/mol. The van der Waals surface area contributed by atoms with Gasteiger partial charge in [0.2, 0.25) is 5.76 Å². The van der Waals surface area contributed by atoms with Crippen LogP contribution in [-0.4, -0.2) is 25.0 Å². The van der Waals surface area contributed by atoms with Crippen LogP contribution >= 0.6 is 0 Å². The Labute approximate surface area is 133 Å². The first kappa shape index (κ1) is 15.1. The van der Waals surface area contributed by atoms with E-state index in [-0.39, 0.29) is 11.7 Å². The molecule has 0 bridgehead atoms. The van der Waals surface area contributed by atoms with Crippen LogP contribution < -0.4 is 10.6 Å². The van der Waals surface area contributed by atoms with E-state index in [9.17, 15) is 9.59 Å². The topological polar surface area (TPSA) is 80.6 Å². The molecule has 0 spiro atoms. The van der Waals surface area contributed by atoms with E-state index in [1.54, 1.807) is 24.3 Å². The van der Waals surface area contributed by atoms with Crippen LogP contribution in [0.2, 0.25) is 0 Å². The number of anilines is 1. The number of methoxy groups -OCH3 is 1. The van der Waals surface area contributed by atoms with Gasteiger partial charge >= 0.3 is 5.97 Å². The van der Waals surface area contributed by atoms with Crippen LogP contribution in [0, 0.1) is 0 Å². The maximum Gasteiger partial charge on any atom is 0.373 e. The quantitative estimate of drug-likeness (QED) is 0.801. The number of benzene rings is 1. The molecule has 0 radical (unpaired) electrons. The van der Waals surface area contributed by atoms with Crippen molar-refractivity contribution in [3.05, 3.63) is 53.5 Å². The normalized spacial score (nSPS) is 13.4. The van der Waals surface area contributed by atoms with E-state index in [2.05, 4.69) is 15.4 Å². The van der Waals surface area contributed by atoms with E-state index >= 15 is 0 Å². The minimum atomic E-state index is -0.498. The summed E-state index contributed by atoms with van der Waals surface area (Å²) in [5, 5.41) is 6.12. The van der Waals surface area contributed by atoms with Crippen molar-refractivity contribution in [2.45, 2.75) is 25.4 Å². The average Bonchev–Trinajstić information content (AvgIpc) is 3.26. The van der Waals surface area contributed by atoms with Crippen molar-refractivity contribution in [1.82, 2.24) is 5.32 Å². The Morgan fingerprint density at radius 1 is 1.17 bits per heavy atom. The van der Waals surface area contributed by atoms with Crippen molar-refractivity contribution in [3.8, 4) is 0 Å². The molecule has 1 aliphatic carbocycles. The van der Waals surface area contributed by atoms with Crippen molar-refractivity contribution in [2.75, 3.05) is 12.4 Å². The summed E-state index contributed by atoms with van der Waals surface area (Å²) in [5.41, 5.74) is 1.51. The zero-order chi connectivity index (χ0) is 16.2. The highest BCUT2D eigenvalue weighted by Crippen LogP contribution is 2.20. The van der Waals surface area contributed by atoms with Gasteiger partial charge in [-0.2, -0.15) is 0 Å². The molecule has 0 atom stereocenters. The van der Waals surface area contributed by atoms with Gasteiger partial charge in [0.25, 0.3) is 5.91 Å². The molecule has 1 aliphatic rings. The standard InChI is InChI=1S/C17H18N2O4/c1-22-17(21)15-9-8-14(23-15)10-18-12-4-2-11(3-5-12)16(20)19-13-6-7-13/h2-5,8-9,13,18H,6-7,10H2,1H3,(H,19,20). The van der Waals surface area contributed by atoms with Crippen LogP contribution in [0.25, 0.3) is 0 Å². The second kappa shape index (κ2) is 6.56. The first-order valence-electron chi connectivity index (χ1n) is 7.47. The molecule has 120 valence electrons. The molecule has 3 rings (SSSR count). The second-order valence-electron chi connectivity index (χ2n) is 5.44. The first-order valence-corrected chi connectivity index (χ1v) is 7.47. The van der Waals surface area contributed by atoms with E-state index in [1.165, 1.54) is 7.11 Å². The third-order valence-electron chi connectivity index (χ3n) is 3.57. The number of hydrogen-bond acceptors (Lipinski definition) is 5. The number of hydrogen-bond donors (Lipinski definition) is 2. The molecule has 23 heavy (non-hydrogen) atoms. The fourth-order valence-corrected chi connectivity index (χ4v) is 2.11. The number of furan rings is 1. The highest BCUT2D eigenvalue weighted by molar-refractivity contribution is 5.94. The summed E-state index contributed by atoms with van der Waals surface area (Å²) in [6, 6.07) is 10.9. The number of carbonyl (C=O) groups is 2. The van der Waals surface area contributed by atoms with Crippen molar-refractivity contribution < 1.29 is 18.7 Å². The highest BCUT2D eigenvalue weighted by Gasteiger charge is 2.23. The van der Waals surface area contributed by atoms with Gasteiger partial charge in [0.15, 0.2) is 0 Å². The number of nitrogens with one attached hydrogen (secondary N) is 2. The molecule has 6 heteroatoms. The fourth-order valence-electron chi connectivity index (χ4n) is 2.11. The highest BCUT2D eigenvalue weighted by atomic mass is 16.5. The maximum absolute atomic E-state index is 11.9. The molecule has 1 fully saturated rings. The zero-order valence-electron chi connectivity index (χ0n) is 12.8. The van der Waals surface area contributed by atoms with Crippen LogP contribution in [0.5, 0.6) is 0 Å². The Bertz CT molecular complexity index is 702. The van der Waals surface area contributed by atoms with E-state index in [0.717, 1.165) is 18.5 Å². The second-order valence-corrected chi connectivity index (χ2v) is 5.44. The molecule has 1 heterocycles. The molecule has 0 aliphatic heterocycles. The minimum absolute atomic E-state index is 0.0344. The van der Waals surface area contributed by atoms with E-state index in [4.69, 9.17) is 4.42 Å². The third-order valence-corrected chi connectivity index (χ3v) is 3.57. The molecule has 2 N–H and O–H groups in total. The Morgan fingerprint density at radius 2 is 1.91 bits per heavy atom. The Kier molecular flexibility index (Phi) is 4.32. The predicted octanol–water partition coefficient (Wildman–Crippen LogP) is 2.57. The van der Waals surface area contributed by atoms with Crippen LogP contribution in [0.4, 0.5) is 5.69 Å². The number of esters is 1. The van der Waals surface area contributed by atoms with E-state index < -0.39 is 5.97 Å². The number of carbonyl (C=O) groups excluding carboxylic acids is 2. The van der Waals surface area contributed by atoms with E-state index in [0.29, 0.717) is 23.9 Å². The smallest absolute Gasteiger partial charge is 0.373 e. The summed E-state index contributed by atoms with van der Waals surface area (Å²) in [6.45, 7) is 0.435. The lowest BCUT2D eigenvalue weighted by atomic mass is 10.2. The van der Waals surface area contributed by atoms with Gasteiger partial charge in [0.05, 0.1) is 13.7 Å². The van der Waals surface area contributed by atoms with Gasteiger partial charge in [-0.1, -0.05) is 0 Å². The van der Waals surface area contributed by atoms with Crippen molar-refractivity contribution >= 4 is 17.6 Å². The largest absolute Gasteiger partial charge is 0.463 e. The van der Waals surface area contributed by atoms with Crippen LogP contribution in [-0.2, 0) is 11.3 Å². The SMILES string of the molecule is COC(=O)c1ccc(CNc2ccc(C(=O)NC3CC3)cc2)o1. The van der Waals surface area contributed by atoms with Gasteiger partial charge in [0, 0.05) is 17.3 Å². The zero-order valence-corrected chi connectivity index (χ0v) is 12.8. The van der Waals surface area contributed by atoms with Gasteiger partial charge in [-0.3, -0.25) is 4.79 Å². The third kappa shape index (κ3) is 3.91. The monoisotopic (exact) mass is 314 g/mol. The first-order chi connectivity index (χ1) is 11.2. The molecule has 1 saturated carbocycles. The van der Waals surface area contributed by atoms with Gasteiger partial charge in [-0.05, 0) is 49.2 Å². The van der Waals surface area contributed by atoms with Gasteiger partial charge in [-0.15, -0.1) is 0 Å². The Balaban J connectivity index is 1.54. The van der Waals surface area contributed by atoms with Crippen LogP contribution in [0.1, 0.15) is 39.5 Å². The molecule has 1 aromatic heterocycles. The van der Waals surface area contributed by atoms with E-state index in [1.807, 2.05) is 12.1 Å². The Hall–Kier alpha value is -2.76. The van der Waals surface area contributed by atoms with Crippen molar-refractivity contribution in [3.63, 3.8) is 0 Å². The van der Waals surface area contributed by atoms with Gasteiger partial charge in [-0.25, -0.2) is 4.79 Å². The number of amides is 1. The molecule has 1 amide bonds. The number of rotatable bonds is 6. The van der Waals surface area contributed by atoms with Crippen LogP contribution in [0.3, 0.4) is 0 Å². The Morgan fingerprint density at radius 3 is 2.57 bits per heavy atom. The summed E-state index contributed by atoms with van der Waals surface area (Å²) in [5.74, 6) is 0.271. The summed E-state index contributed by atoms with van der Waals surface area (Å²) in [7, 11) is 1.31. The molecular formula is C17H18N2O4. The minimum Gasteiger partial charge on any atom is -0.463 e. The molecule has 0 saturated heterocycles. The lowest BCUT2D eigenvalue weighted by Crippen LogP contribution is -2.25. The van der Waals surface area contributed by atoms with Gasteiger partial charge < -0.3 is 19.8 Å². The number of ether oxygens (including phenoxy) is 1. The van der Waals surface area contributed by atoms with Crippen molar-refractivity contribution in [1.29, 1.82) is 0 Å². The summed E-state index contributed by atoms with van der Waals surface area (Å²) < 4.78 is 9.96. The lowest BCUT2D eigenvalue weighted by Gasteiger charge is -2.07. The average molecular weight is 314 g/mol.